The summed E-state index contributed by atoms with van der Waals surface area (Å²) in [7, 11) is 1.43. The molecule has 1 fully saturated rings. The van der Waals surface area contributed by atoms with Gasteiger partial charge < -0.3 is 25.3 Å². The number of nitrogens with one attached hydrogen (secondary N) is 1. The van der Waals surface area contributed by atoms with Crippen molar-refractivity contribution in [1.29, 1.82) is 0 Å². The van der Waals surface area contributed by atoms with E-state index in [9.17, 15) is 26.3 Å². The predicted octanol–water partition coefficient (Wildman–Crippen LogP) is 6.05. The fourth-order valence-corrected chi connectivity index (χ4v) is 4.20. The Morgan fingerprint density at radius 2 is 1.82 bits per heavy atom. The van der Waals surface area contributed by atoms with Crippen molar-refractivity contribution in [2.45, 2.75) is 50.9 Å². The van der Waals surface area contributed by atoms with Crippen LogP contribution in [0.4, 0.5) is 37.8 Å². The first kappa shape index (κ1) is 27.6. The number of anilines is 2. The molecule has 7 nitrogen and oxygen atoms in total. The molecule has 0 aliphatic heterocycles. The van der Waals surface area contributed by atoms with Gasteiger partial charge in [0.2, 0.25) is 0 Å². The summed E-state index contributed by atoms with van der Waals surface area (Å²) >= 11 is 0. The highest BCUT2D eigenvalue weighted by molar-refractivity contribution is 5.92. The van der Waals surface area contributed by atoms with Gasteiger partial charge in [-0.3, -0.25) is 0 Å². The van der Waals surface area contributed by atoms with Crippen LogP contribution in [0.3, 0.4) is 0 Å². The van der Waals surface area contributed by atoms with Crippen LogP contribution in [0.25, 0.3) is 10.9 Å². The molecule has 3 N–H and O–H groups in total. The number of nitrogens with two attached hydrogens (primary N) is 1. The van der Waals surface area contributed by atoms with Gasteiger partial charge in [0.1, 0.15) is 24.1 Å². The van der Waals surface area contributed by atoms with E-state index < -0.39 is 35.6 Å². The number of methoxy groups -OCH3 is 1. The van der Waals surface area contributed by atoms with E-state index in [1.807, 2.05) is 0 Å². The molecule has 4 rings (SSSR count). The van der Waals surface area contributed by atoms with E-state index in [1.165, 1.54) is 14.0 Å². The van der Waals surface area contributed by atoms with Crippen molar-refractivity contribution in [3.05, 3.63) is 47.0 Å². The lowest BCUT2D eigenvalue weighted by atomic mass is 9.91. The van der Waals surface area contributed by atoms with E-state index >= 15 is 0 Å². The number of hydrogen-bond donors (Lipinski definition) is 2. The predicted molar refractivity (Wildman–Crippen MR) is 128 cm³/mol. The van der Waals surface area contributed by atoms with Gasteiger partial charge in [-0.05, 0) is 32.0 Å². The minimum absolute atomic E-state index is 0.0462. The number of hydrogen-bond acceptors (Lipinski definition) is 7. The first-order valence-electron chi connectivity index (χ1n) is 11.7. The second-order valence-corrected chi connectivity index (χ2v) is 9.08. The normalized spacial score (nSPS) is 16.2. The summed E-state index contributed by atoms with van der Waals surface area (Å²) in [6.07, 6.45) is -6.09. The number of benzene rings is 2. The van der Waals surface area contributed by atoms with E-state index in [1.54, 1.807) is 19.1 Å². The molecule has 13 heteroatoms. The first-order valence-corrected chi connectivity index (χ1v) is 11.7. The van der Waals surface area contributed by atoms with Gasteiger partial charge in [0, 0.05) is 35.5 Å². The maximum Gasteiger partial charge on any atom is 0.419 e. The summed E-state index contributed by atoms with van der Waals surface area (Å²) in [5.41, 5.74) is 4.08. The Bertz CT molecular complexity index is 1330. The number of nitrogens with zero attached hydrogens (tertiary/aromatic N) is 2. The third-order valence-corrected chi connectivity index (χ3v) is 6.09. The van der Waals surface area contributed by atoms with Crippen LogP contribution in [0.5, 0.6) is 11.5 Å². The third-order valence-electron chi connectivity index (χ3n) is 6.09. The van der Waals surface area contributed by atoms with Gasteiger partial charge in [0.25, 0.3) is 5.92 Å². The highest BCUT2D eigenvalue weighted by atomic mass is 19.4. The maximum absolute atomic E-state index is 14.8. The Hall–Kier alpha value is -3.48. The molecule has 0 bridgehead atoms. The van der Waals surface area contributed by atoms with Crippen LogP contribution < -0.4 is 20.5 Å². The Balaban J connectivity index is 1.59. The monoisotopic (exact) mass is 544 g/mol. The number of rotatable bonds is 9. The quantitative estimate of drug-likeness (QED) is 0.192. The van der Waals surface area contributed by atoms with Crippen molar-refractivity contribution in [1.82, 2.24) is 9.97 Å². The van der Waals surface area contributed by atoms with E-state index in [-0.39, 0.29) is 48.9 Å². The zero-order chi connectivity index (χ0) is 27.8. The SMILES string of the molecule is COc1cc2nc(C)nc(N[C@H](C)c3cc(N)cc(C(F)(F)F)c3F)c2cc1OCCOC1CC(F)(F)C1. The molecule has 1 atom stereocenters. The fraction of sp³-hybridized carbons (Fsp3) is 0.440. The largest absolute Gasteiger partial charge is 0.493 e. The Labute approximate surface area is 214 Å². The molecule has 1 aliphatic rings. The third kappa shape index (κ3) is 5.98. The van der Waals surface area contributed by atoms with Gasteiger partial charge in [-0.1, -0.05) is 0 Å². The number of aryl methyl sites for hydroxylation is 1. The van der Waals surface area contributed by atoms with Crippen molar-refractivity contribution < 1.29 is 40.6 Å². The van der Waals surface area contributed by atoms with Crippen LogP contribution in [-0.4, -0.2) is 42.3 Å². The van der Waals surface area contributed by atoms with E-state index in [2.05, 4.69) is 15.3 Å². The topological polar surface area (TPSA) is 91.5 Å². The maximum atomic E-state index is 14.8. The summed E-state index contributed by atoms with van der Waals surface area (Å²) in [5.74, 6) is -2.94. The zero-order valence-corrected chi connectivity index (χ0v) is 20.8. The molecular formula is C25H26F6N4O3. The minimum atomic E-state index is -4.92. The van der Waals surface area contributed by atoms with Gasteiger partial charge in [-0.15, -0.1) is 0 Å². The van der Waals surface area contributed by atoms with Gasteiger partial charge in [-0.2, -0.15) is 13.2 Å². The zero-order valence-electron chi connectivity index (χ0n) is 20.8. The lowest BCUT2D eigenvalue weighted by Gasteiger charge is -2.34. The van der Waals surface area contributed by atoms with Crippen molar-refractivity contribution in [2.75, 3.05) is 31.4 Å². The Morgan fingerprint density at radius 1 is 1.11 bits per heavy atom. The van der Waals surface area contributed by atoms with Crippen molar-refractivity contribution >= 4 is 22.4 Å². The number of alkyl halides is 5. The molecule has 0 saturated heterocycles. The molecule has 1 aliphatic carbocycles. The second-order valence-electron chi connectivity index (χ2n) is 9.08. The van der Waals surface area contributed by atoms with E-state index in [4.69, 9.17) is 19.9 Å². The summed E-state index contributed by atoms with van der Waals surface area (Å²) in [4.78, 5) is 8.72. The molecule has 1 aromatic heterocycles. The average Bonchev–Trinajstić information content (AvgIpc) is 2.80. The molecule has 2 aromatic carbocycles. The summed E-state index contributed by atoms with van der Waals surface area (Å²) in [6.45, 7) is 3.22. The Morgan fingerprint density at radius 3 is 2.45 bits per heavy atom. The Kier molecular flexibility index (Phi) is 7.51. The highest BCUT2D eigenvalue weighted by Crippen LogP contribution is 2.40. The summed E-state index contributed by atoms with van der Waals surface area (Å²) in [5, 5.41) is 3.38. The summed E-state index contributed by atoms with van der Waals surface area (Å²) in [6, 6.07) is 3.88. The standard InChI is InChI=1S/C25H26F6N4O3/c1-12(16-6-14(32)7-18(22(16)26)25(29,30)31)33-23-17-8-21(20(36-3)9-19(17)34-13(2)35-23)38-5-4-37-15-10-24(27,28)11-15/h6-9,12,15H,4-5,10-11,32H2,1-3H3,(H,33,34,35)/t12-/m1/s1. The van der Waals surface area contributed by atoms with Gasteiger partial charge in [0.05, 0.1) is 36.9 Å². The number of fused-ring (bicyclic) bond motifs is 1. The van der Waals surface area contributed by atoms with Crippen molar-refractivity contribution in [3.8, 4) is 11.5 Å². The van der Waals surface area contributed by atoms with Crippen LogP contribution in [0.1, 0.15) is 42.8 Å². The molecule has 0 radical (unpaired) electrons. The molecule has 0 amide bonds. The van der Waals surface area contributed by atoms with Crippen LogP contribution in [0.15, 0.2) is 24.3 Å². The van der Waals surface area contributed by atoms with Crippen LogP contribution in [0.2, 0.25) is 0 Å². The van der Waals surface area contributed by atoms with Gasteiger partial charge >= 0.3 is 6.18 Å². The molecule has 1 saturated carbocycles. The smallest absolute Gasteiger partial charge is 0.419 e. The van der Waals surface area contributed by atoms with Crippen molar-refractivity contribution in [3.63, 3.8) is 0 Å². The molecule has 3 aromatic rings. The lowest BCUT2D eigenvalue weighted by Crippen LogP contribution is -2.41. The minimum Gasteiger partial charge on any atom is -0.493 e. The molecule has 0 spiro atoms. The fourth-order valence-electron chi connectivity index (χ4n) is 4.20. The molecule has 206 valence electrons. The number of aromatic nitrogens is 2. The van der Waals surface area contributed by atoms with Gasteiger partial charge in [0.15, 0.2) is 11.5 Å². The lowest BCUT2D eigenvalue weighted by molar-refractivity contribution is -0.167. The number of ether oxygens (including phenoxy) is 3. The molecular weight excluding hydrogens is 518 g/mol. The molecule has 1 heterocycles. The first-order chi connectivity index (χ1) is 17.8. The van der Waals surface area contributed by atoms with Crippen LogP contribution in [0, 0.1) is 12.7 Å². The average molecular weight is 544 g/mol. The number of halogens is 6. The second kappa shape index (κ2) is 10.4. The van der Waals surface area contributed by atoms with Crippen LogP contribution in [-0.2, 0) is 10.9 Å². The summed E-state index contributed by atoms with van der Waals surface area (Å²) < 4.78 is 97.2. The van der Waals surface area contributed by atoms with E-state index in [0.29, 0.717) is 28.5 Å². The highest BCUT2D eigenvalue weighted by Gasteiger charge is 2.46. The van der Waals surface area contributed by atoms with Crippen LogP contribution >= 0.6 is 0 Å². The molecule has 0 unspecified atom stereocenters. The van der Waals surface area contributed by atoms with Crippen molar-refractivity contribution in [2.24, 2.45) is 0 Å². The van der Waals surface area contributed by atoms with Gasteiger partial charge in [-0.25, -0.2) is 23.1 Å². The molecule has 38 heavy (non-hydrogen) atoms. The number of nitrogen functional groups attached to an aromatic ring is 1. The van der Waals surface area contributed by atoms with E-state index in [0.717, 1.165) is 6.07 Å².